The molecule has 0 aliphatic rings. The number of esters is 1. The van der Waals surface area contributed by atoms with Crippen LogP contribution in [0.5, 0.6) is 0 Å². The molecule has 140 valence electrons. The van der Waals surface area contributed by atoms with Gasteiger partial charge in [-0.25, -0.2) is 13.4 Å². The van der Waals surface area contributed by atoms with Crippen LogP contribution in [0.1, 0.15) is 12.5 Å². The molecule has 0 bridgehead atoms. The Bertz CT molecular complexity index is 1070. The van der Waals surface area contributed by atoms with Crippen LogP contribution in [0, 0.1) is 6.92 Å². The summed E-state index contributed by atoms with van der Waals surface area (Å²) in [7, 11) is -3.71. The van der Waals surface area contributed by atoms with Gasteiger partial charge in [0.1, 0.15) is 6.33 Å². The van der Waals surface area contributed by atoms with Crippen molar-refractivity contribution < 1.29 is 17.9 Å². The molecule has 0 N–H and O–H groups in total. The highest BCUT2D eigenvalue weighted by atomic mass is 35.5. The SMILES string of the molecule is CC(=O)OCS(=O)(=O)c1ccc(-n2cnc(Cl)c2-c2ccc(C)cc2)cc1. The van der Waals surface area contributed by atoms with Crippen molar-refractivity contribution in [1.82, 2.24) is 9.55 Å². The molecule has 1 aromatic heterocycles. The third kappa shape index (κ3) is 4.20. The molecule has 3 aromatic rings. The lowest BCUT2D eigenvalue weighted by atomic mass is 10.1. The highest BCUT2D eigenvalue weighted by Gasteiger charge is 2.17. The van der Waals surface area contributed by atoms with Crippen molar-refractivity contribution >= 4 is 27.4 Å². The maximum absolute atomic E-state index is 12.2. The van der Waals surface area contributed by atoms with E-state index in [0.717, 1.165) is 18.1 Å². The van der Waals surface area contributed by atoms with Gasteiger partial charge in [-0.2, -0.15) is 0 Å². The first-order chi connectivity index (χ1) is 12.8. The fraction of sp³-hybridized carbons (Fsp3) is 0.158. The van der Waals surface area contributed by atoms with Crippen LogP contribution in [0.3, 0.4) is 0 Å². The summed E-state index contributed by atoms with van der Waals surface area (Å²) in [6.45, 7) is 3.16. The van der Waals surface area contributed by atoms with Crippen molar-refractivity contribution in [1.29, 1.82) is 0 Å². The maximum Gasteiger partial charge on any atom is 0.303 e. The Labute approximate surface area is 162 Å². The van der Waals surface area contributed by atoms with E-state index in [0.29, 0.717) is 16.5 Å². The number of sulfone groups is 1. The van der Waals surface area contributed by atoms with Crippen LogP contribution in [0.15, 0.2) is 59.8 Å². The van der Waals surface area contributed by atoms with E-state index in [1.54, 1.807) is 23.0 Å². The summed E-state index contributed by atoms with van der Waals surface area (Å²) in [6, 6.07) is 14.1. The summed E-state index contributed by atoms with van der Waals surface area (Å²) < 4.78 is 30.8. The van der Waals surface area contributed by atoms with Crippen LogP contribution in [-0.4, -0.2) is 29.9 Å². The fourth-order valence-corrected chi connectivity index (χ4v) is 3.79. The van der Waals surface area contributed by atoms with Crippen molar-refractivity contribution in [3.8, 4) is 16.9 Å². The number of aromatic nitrogens is 2. The maximum atomic E-state index is 12.2. The smallest absolute Gasteiger partial charge is 0.303 e. The van der Waals surface area contributed by atoms with E-state index in [4.69, 9.17) is 11.6 Å². The van der Waals surface area contributed by atoms with E-state index in [9.17, 15) is 13.2 Å². The van der Waals surface area contributed by atoms with Gasteiger partial charge >= 0.3 is 5.97 Å². The lowest BCUT2D eigenvalue weighted by Gasteiger charge is -2.10. The molecule has 6 nitrogen and oxygen atoms in total. The van der Waals surface area contributed by atoms with E-state index in [1.807, 2.05) is 31.2 Å². The van der Waals surface area contributed by atoms with Crippen LogP contribution in [0.4, 0.5) is 0 Å². The first-order valence-corrected chi connectivity index (χ1v) is 10.1. The topological polar surface area (TPSA) is 78.3 Å². The molecule has 0 aliphatic carbocycles. The molecule has 1 heterocycles. The predicted molar refractivity (Wildman–Crippen MR) is 103 cm³/mol. The molecule has 0 spiro atoms. The summed E-state index contributed by atoms with van der Waals surface area (Å²) >= 11 is 6.27. The van der Waals surface area contributed by atoms with Gasteiger partial charge in [0.15, 0.2) is 11.1 Å². The molecule has 0 atom stereocenters. The van der Waals surface area contributed by atoms with Crippen molar-refractivity contribution in [3.05, 3.63) is 65.6 Å². The average Bonchev–Trinajstić information content (AvgIpc) is 3.02. The molecule has 8 heteroatoms. The standard InChI is InChI=1S/C19H17ClN2O4S/c1-13-3-5-15(6-4-13)18-19(20)21-11-22(18)16-7-9-17(10-8-16)27(24,25)12-26-14(2)23/h3-11H,12H2,1-2H3. The first-order valence-electron chi connectivity index (χ1n) is 8.04. The lowest BCUT2D eigenvalue weighted by Crippen LogP contribution is -2.12. The quantitative estimate of drug-likeness (QED) is 0.604. The third-order valence-electron chi connectivity index (χ3n) is 3.94. The van der Waals surface area contributed by atoms with Gasteiger partial charge in [0, 0.05) is 18.2 Å². The number of hydrogen-bond donors (Lipinski definition) is 0. The molecular formula is C19H17ClN2O4S. The van der Waals surface area contributed by atoms with E-state index >= 15 is 0 Å². The number of nitrogens with zero attached hydrogens (tertiary/aromatic N) is 2. The minimum Gasteiger partial charge on any atom is -0.449 e. The zero-order valence-corrected chi connectivity index (χ0v) is 16.3. The highest BCUT2D eigenvalue weighted by molar-refractivity contribution is 7.91. The Balaban J connectivity index is 1.95. The average molecular weight is 405 g/mol. The van der Waals surface area contributed by atoms with Crippen LogP contribution in [0.2, 0.25) is 5.15 Å². The van der Waals surface area contributed by atoms with E-state index in [-0.39, 0.29) is 4.90 Å². The highest BCUT2D eigenvalue weighted by Crippen LogP contribution is 2.30. The molecule has 2 aromatic carbocycles. The van der Waals surface area contributed by atoms with E-state index < -0.39 is 21.7 Å². The Hall–Kier alpha value is -2.64. The normalized spacial score (nSPS) is 11.4. The predicted octanol–water partition coefficient (Wildman–Crippen LogP) is 3.80. The van der Waals surface area contributed by atoms with Crippen LogP contribution in [0.25, 0.3) is 16.9 Å². The number of carbonyl (C=O) groups excluding carboxylic acids is 1. The minimum absolute atomic E-state index is 0.0654. The van der Waals surface area contributed by atoms with Crippen molar-refractivity contribution in [2.45, 2.75) is 18.7 Å². The Morgan fingerprint density at radius 1 is 1.11 bits per heavy atom. The van der Waals surface area contributed by atoms with Crippen molar-refractivity contribution in [2.75, 3.05) is 5.94 Å². The lowest BCUT2D eigenvalue weighted by molar-refractivity contribution is -0.138. The molecule has 0 radical (unpaired) electrons. The molecule has 0 amide bonds. The van der Waals surface area contributed by atoms with Gasteiger partial charge in [0.05, 0.1) is 10.6 Å². The number of hydrogen-bond acceptors (Lipinski definition) is 5. The summed E-state index contributed by atoms with van der Waals surface area (Å²) in [5.74, 6) is -1.33. The van der Waals surface area contributed by atoms with Gasteiger partial charge < -0.3 is 4.74 Å². The third-order valence-corrected chi connectivity index (χ3v) is 5.63. The summed E-state index contributed by atoms with van der Waals surface area (Å²) in [4.78, 5) is 15.1. The second kappa shape index (κ2) is 7.54. The Morgan fingerprint density at radius 3 is 2.33 bits per heavy atom. The van der Waals surface area contributed by atoms with Gasteiger partial charge in [-0.1, -0.05) is 41.4 Å². The zero-order chi connectivity index (χ0) is 19.6. The second-order valence-electron chi connectivity index (χ2n) is 5.98. The van der Waals surface area contributed by atoms with Gasteiger partial charge in [-0.3, -0.25) is 9.36 Å². The number of benzene rings is 2. The Kier molecular flexibility index (Phi) is 5.34. The molecule has 27 heavy (non-hydrogen) atoms. The molecular weight excluding hydrogens is 388 g/mol. The zero-order valence-electron chi connectivity index (χ0n) is 14.7. The van der Waals surface area contributed by atoms with E-state index in [1.165, 1.54) is 12.1 Å². The van der Waals surface area contributed by atoms with Crippen molar-refractivity contribution in [3.63, 3.8) is 0 Å². The monoisotopic (exact) mass is 404 g/mol. The van der Waals surface area contributed by atoms with Gasteiger partial charge in [0.2, 0.25) is 9.84 Å². The second-order valence-corrected chi connectivity index (χ2v) is 8.28. The van der Waals surface area contributed by atoms with Crippen LogP contribution >= 0.6 is 11.6 Å². The first kappa shape index (κ1) is 19.1. The summed E-state index contributed by atoms with van der Waals surface area (Å²) in [5, 5.41) is 0.352. The number of aryl methyl sites for hydroxylation is 1. The number of halogens is 1. The molecule has 0 unspecified atom stereocenters. The van der Waals surface area contributed by atoms with Crippen LogP contribution in [-0.2, 0) is 19.4 Å². The summed E-state index contributed by atoms with van der Waals surface area (Å²) in [5.41, 5.74) is 3.45. The molecule has 0 saturated heterocycles. The minimum atomic E-state index is -3.71. The number of carbonyl (C=O) groups is 1. The van der Waals surface area contributed by atoms with Gasteiger partial charge in [-0.05, 0) is 31.2 Å². The Morgan fingerprint density at radius 2 is 1.74 bits per heavy atom. The number of rotatable bonds is 5. The number of imidazole rings is 1. The van der Waals surface area contributed by atoms with Crippen molar-refractivity contribution in [2.24, 2.45) is 0 Å². The van der Waals surface area contributed by atoms with Crippen LogP contribution < -0.4 is 0 Å². The van der Waals surface area contributed by atoms with E-state index in [2.05, 4.69) is 9.72 Å². The fourth-order valence-electron chi connectivity index (χ4n) is 2.53. The largest absolute Gasteiger partial charge is 0.449 e. The number of ether oxygens (including phenoxy) is 1. The van der Waals surface area contributed by atoms with Gasteiger partial charge in [0.25, 0.3) is 0 Å². The van der Waals surface area contributed by atoms with Gasteiger partial charge in [-0.15, -0.1) is 0 Å². The molecule has 0 fully saturated rings. The summed E-state index contributed by atoms with van der Waals surface area (Å²) in [6.07, 6.45) is 1.58. The molecule has 0 aliphatic heterocycles. The molecule has 0 saturated carbocycles. The molecule has 3 rings (SSSR count).